The number of carbonyl (C=O) groups excluding carboxylic acids is 1. The Morgan fingerprint density at radius 2 is 1.88 bits per heavy atom. The first-order chi connectivity index (χ1) is 16.1. The number of carbonyl (C=O) groups is 1. The molecule has 5 rings (SSSR count). The predicted octanol–water partition coefficient (Wildman–Crippen LogP) is 4.63. The molecule has 168 valence electrons. The van der Waals surface area contributed by atoms with Crippen molar-refractivity contribution < 1.29 is 9.18 Å². The second-order valence-electron chi connectivity index (χ2n) is 8.35. The maximum absolute atomic E-state index is 13.3. The lowest BCUT2D eigenvalue weighted by atomic mass is 9.92. The quantitative estimate of drug-likeness (QED) is 0.473. The van der Waals surface area contributed by atoms with E-state index in [1.165, 1.54) is 23.4 Å². The Morgan fingerprint density at radius 3 is 2.64 bits per heavy atom. The summed E-state index contributed by atoms with van der Waals surface area (Å²) in [6.07, 6.45) is 6.95. The smallest absolute Gasteiger partial charge is 0.255 e. The van der Waals surface area contributed by atoms with Crippen molar-refractivity contribution in [2.45, 2.75) is 45.2 Å². The zero-order chi connectivity index (χ0) is 22.8. The minimum Gasteiger partial charge on any atom is -0.345 e. The minimum atomic E-state index is -0.303. The van der Waals surface area contributed by atoms with Gasteiger partial charge in [0.05, 0.1) is 41.9 Å². The molecule has 1 N–H and O–H groups in total. The molecule has 2 heterocycles. The third-order valence-electron chi connectivity index (χ3n) is 6.26. The highest BCUT2D eigenvalue weighted by Crippen LogP contribution is 2.30. The van der Waals surface area contributed by atoms with Gasteiger partial charge in [-0.05, 0) is 55.5 Å². The van der Waals surface area contributed by atoms with Gasteiger partial charge in [-0.2, -0.15) is 10.2 Å². The fraction of sp³-hybridized carbons (Fsp3) is 0.269. The molecule has 0 bridgehead atoms. The highest BCUT2D eigenvalue weighted by Gasteiger charge is 2.27. The molecule has 1 atom stereocenters. The van der Waals surface area contributed by atoms with E-state index < -0.39 is 0 Å². The SMILES string of the molecule is CCc1c(C(=O)NC2CCCc3c2cnn3Cc2ccccc2)cnn1-c1ccc(F)cc1. The Kier molecular flexibility index (Phi) is 5.77. The third-order valence-corrected chi connectivity index (χ3v) is 6.26. The second-order valence-corrected chi connectivity index (χ2v) is 8.35. The molecular formula is C26H26FN5O. The van der Waals surface area contributed by atoms with Gasteiger partial charge in [-0.1, -0.05) is 37.3 Å². The Morgan fingerprint density at radius 1 is 1.09 bits per heavy atom. The van der Waals surface area contributed by atoms with Crippen molar-refractivity contribution in [3.8, 4) is 5.69 Å². The van der Waals surface area contributed by atoms with Gasteiger partial charge in [0.1, 0.15) is 5.82 Å². The molecular weight excluding hydrogens is 417 g/mol. The van der Waals surface area contributed by atoms with Gasteiger partial charge >= 0.3 is 0 Å². The summed E-state index contributed by atoms with van der Waals surface area (Å²) in [5, 5.41) is 12.3. The van der Waals surface area contributed by atoms with Crippen LogP contribution in [0, 0.1) is 5.82 Å². The van der Waals surface area contributed by atoms with Gasteiger partial charge < -0.3 is 5.32 Å². The summed E-state index contributed by atoms with van der Waals surface area (Å²) < 4.78 is 17.1. The lowest BCUT2D eigenvalue weighted by Gasteiger charge is -2.24. The molecule has 0 radical (unpaired) electrons. The summed E-state index contributed by atoms with van der Waals surface area (Å²) in [5.74, 6) is -0.447. The van der Waals surface area contributed by atoms with E-state index in [9.17, 15) is 9.18 Å². The number of rotatable bonds is 6. The van der Waals surface area contributed by atoms with Crippen LogP contribution in [0.15, 0.2) is 67.0 Å². The van der Waals surface area contributed by atoms with Crippen LogP contribution in [0.25, 0.3) is 5.69 Å². The Balaban J connectivity index is 1.37. The average molecular weight is 444 g/mol. The fourth-order valence-corrected chi connectivity index (χ4v) is 4.61. The van der Waals surface area contributed by atoms with E-state index in [2.05, 4.69) is 27.6 Å². The third kappa shape index (κ3) is 4.18. The zero-order valence-electron chi connectivity index (χ0n) is 18.5. The van der Waals surface area contributed by atoms with Crippen molar-refractivity contribution in [1.29, 1.82) is 0 Å². The highest BCUT2D eigenvalue weighted by molar-refractivity contribution is 5.95. The number of amides is 1. The highest BCUT2D eigenvalue weighted by atomic mass is 19.1. The molecule has 2 aromatic heterocycles. The van der Waals surface area contributed by atoms with Crippen molar-refractivity contribution in [2.24, 2.45) is 0 Å². The summed E-state index contributed by atoms with van der Waals surface area (Å²) >= 11 is 0. The van der Waals surface area contributed by atoms with Crippen molar-refractivity contribution in [3.05, 3.63) is 101 Å². The lowest BCUT2D eigenvalue weighted by molar-refractivity contribution is 0.0931. The minimum absolute atomic E-state index is 0.0790. The largest absolute Gasteiger partial charge is 0.345 e. The number of halogens is 1. The van der Waals surface area contributed by atoms with Gasteiger partial charge in [-0.15, -0.1) is 0 Å². The first-order valence-corrected chi connectivity index (χ1v) is 11.4. The van der Waals surface area contributed by atoms with Crippen molar-refractivity contribution >= 4 is 5.91 Å². The molecule has 4 aromatic rings. The van der Waals surface area contributed by atoms with Gasteiger partial charge in [-0.25, -0.2) is 9.07 Å². The van der Waals surface area contributed by atoms with E-state index in [0.29, 0.717) is 12.0 Å². The normalized spacial score (nSPS) is 15.3. The van der Waals surface area contributed by atoms with Gasteiger partial charge in [0.2, 0.25) is 0 Å². The molecule has 6 nitrogen and oxygen atoms in total. The van der Waals surface area contributed by atoms with Crippen LogP contribution in [0.4, 0.5) is 4.39 Å². The predicted molar refractivity (Wildman–Crippen MR) is 124 cm³/mol. The van der Waals surface area contributed by atoms with Gasteiger partial charge in [0.15, 0.2) is 0 Å². The van der Waals surface area contributed by atoms with Gasteiger partial charge in [0.25, 0.3) is 5.91 Å². The summed E-state index contributed by atoms with van der Waals surface area (Å²) in [6, 6.07) is 16.3. The average Bonchev–Trinajstić information content (AvgIpc) is 3.45. The molecule has 7 heteroatoms. The zero-order valence-corrected chi connectivity index (χ0v) is 18.5. The van der Waals surface area contributed by atoms with Crippen LogP contribution in [0.1, 0.15) is 58.7 Å². The van der Waals surface area contributed by atoms with Crippen LogP contribution in [0.2, 0.25) is 0 Å². The van der Waals surface area contributed by atoms with Crippen molar-refractivity contribution in [3.63, 3.8) is 0 Å². The van der Waals surface area contributed by atoms with Crippen LogP contribution in [-0.2, 0) is 19.4 Å². The molecule has 0 aliphatic heterocycles. The summed E-state index contributed by atoms with van der Waals surface area (Å²) in [7, 11) is 0. The number of nitrogens with one attached hydrogen (secondary N) is 1. The molecule has 1 unspecified atom stereocenters. The maximum atomic E-state index is 13.3. The molecule has 1 aliphatic rings. The molecule has 0 fully saturated rings. The molecule has 33 heavy (non-hydrogen) atoms. The monoisotopic (exact) mass is 443 g/mol. The second kappa shape index (κ2) is 9.02. The number of fused-ring (bicyclic) bond motifs is 1. The first-order valence-electron chi connectivity index (χ1n) is 11.4. The van der Waals surface area contributed by atoms with E-state index in [-0.39, 0.29) is 17.8 Å². The van der Waals surface area contributed by atoms with Gasteiger partial charge in [-0.3, -0.25) is 9.48 Å². The number of aromatic nitrogens is 4. The molecule has 0 spiro atoms. The van der Waals surface area contributed by atoms with E-state index in [4.69, 9.17) is 0 Å². The van der Waals surface area contributed by atoms with Crippen LogP contribution >= 0.6 is 0 Å². The Hall–Kier alpha value is -3.74. The Bertz CT molecular complexity index is 1260. The number of benzene rings is 2. The number of hydrogen-bond donors (Lipinski definition) is 1. The van der Waals surface area contributed by atoms with Crippen LogP contribution in [-0.4, -0.2) is 25.5 Å². The number of hydrogen-bond acceptors (Lipinski definition) is 3. The maximum Gasteiger partial charge on any atom is 0.255 e. The molecule has 0 saturated carbocycles. The molecule has 2 aromatic carbocycles. The van der Waals surface area contributed by atoms with Crippen molar-refractivity contribution in [1.82, 2.24) is 24.9 Å². The Labute approximate surface area is 192 Å². The fourth-order valence-electron chi connectivity index (χ4n) is 4.61. The lowest BCUT2D eigenvalue weighted by Crippen LogP contribution is -2.31. The topological polar surface area (TPSA) is 64.7 Å². The molecule has 1 amide bonds. The number of nitrogens with zero attached hydrogens (tertiary/aromatic N) is 4. The van der Waals surface area contributed by atoms with Crippen LogP contribution < -0.4 is 5.32 Å². The van der Waals surface area contributed by atoms with Crippen molar-refractivity contribution in [2.75, 3.05) is 0 Å². The van der Waals surface area contributed by atoms with E-state index in [0.717, 1.165) is 42.8 Å². The van der Waals surface area contributed by atoms with E-state index >= 15 is 0 Å². The van der Waals surface area contributed by atoms with Crippen LogP contribution in [0.5, 0.6) is 0 Å². The van der Waals surface area contributed by atoms with E-state index in [1.54, 1.807) is 23.0 Å². The molecule has 1 aliphatic carbocycles. The summed E-state index contributed by atoms with van der Waals surface area (Å²) in [5.41, 5.74) is 5.56. The van der Waals surface area contributed by atoms with E-state index in [1.807, 2.05) is 36.0 Å². The molecule has 0 saturated heterocycles. The van der Waals surface area contributed by atoms with Crippen LogP contribution in [0.3, 0.4) is 0 Å². The first kappa shape index (κ1) is 21.1. The summed E-state index contributed by atoms with van der Waals surface area (Å²) in [6.45, 7) is 2.71. The summed E-state index contributed by atoms with van der Waals surface area (Å²) in [4.78, 5) is 13.2. The standard InChI is InChI=1S/C26H26FN5O/c1-2-24-22(16-29-32(24)20-13-11-19(27)12-14-20)26(33)30-23-9-6-10-25-21(23)15-28-31(25)17-18-7-4-3-5-8-18/h3-5,7-8,11-16,23H,2,6,9-10,17H2,1H3,(H,30,33). The van der Waals surface area contributed by atoms with Gasteiger partial charge in [0, 0.05) is 11.3 Å².